The van der Waals surface area contributed by atoms with E-state index in [-0.39, 0.29) is 11.0 Å². The summed E-state index contributed by atoms with van der Waals surface area (Å²) in [4.78, 5) is 13.4. The number of ether oxygens (including phenoxy) is 1. The maximum atomic E-state index is 12.7. The number of hydrogen-bond donors (Lipinski definition) is 2. The summed E-state index contributed by atoms with van der Waals surface area (Å²) in [6, 6.07) is 24.4. The zero-order valence-corrected chi connectivity index (χ0v) is 19.3. The Morgan fingerprint density at radius 3 is 2.74 bits per heavy atom. The van der Waals surface area contributed by atoms with Crippen LogP contribution in [0.5, 0.6) is 5.75 Å². The molecule has 1 amide bonds. The lowest BCUT2D eigenvalue weighted by Gasteiger charge is -2.11. The average molecular weight is 487 g/mol. The van der Waals surface area contributed by atoms with Crippen molar-refractivity contribution in [3.8, 4) is 16.3 Å². The summed E-state index contributed by atoms with van der Waals surface area (Å²) in [6.45, 7) is 0.420. The quantitative estimate of drug-likeness (QED) is 0.340. The van der Waals surface area contributed by atoms with Gasteiger partial charge in [-0.25, -0.2) is 0 Å². The minimum Gasteiger partial charge on any atom is -0.489 e. The topological polar surface area (TPSA) is 93.4 Å². The van der Waals surface area contributed by atoms with Crippen molar-refractivity contribution in [3.05, 3.63) is 96.3 Å². The van der Waals surface area contributed by atoms with E-state index in [0.29, 0.717) is 22.9 Å². The molecule has 8 nitrogen and oxygen atoms in total. The van der Waals surface area contributed by atoms with Crippen LogP contribution in [0.15, 0.2) is 85.2 Å². The van der Waals surface area contributed by atoms with Gasteiger partial charge in [0.15, 0.2) is 5.11 Å². The lowest BCUT2D eigenvalue weighted by molar-refractivity contribution is 0.0977. The van der Waals surface area contributed by atoms with Gasteiger partial charge < -0.3 is 10.1 Å². The van der Waals surface area contributed by atoms with Crippen LogP contribution in [0.3, 0.4) is 0 Å². The van der Waals surface area contributed by atoms with Gasteiger partial charge in [0.1, 0.15) is 23.7 Å². The molecule has 0 fully saturated rings. The molecule has 2 heterocycles. The molecule has 0 aliphatic rings. The van der Waals surface area contributed by atoms with Crippen molar-refractivity contribution in [3.63, 3.8) is 0 Å². The van der Waals surface area contributed by atoms with Crippen molar-refractivity contribution in [2.45, 2.75) is 6.61 Å². The van der Waals surface area contributed by atoms with Gasteiger partial charge in [0, 0.05) is 16.8 Å². The van der Waals surface area contributed by atoms with Gasteiger partial charge in [-0.1, -0.05) is 59.9 Å². The van der Waals surface area contributed by atoms with Crippen molar-refractivity contribution >= 4 is 45.2 Å². The molecule has 0 atom stereocenters. The van der Waals surface area contributed by atoms with Gasteiger partial charge in [0.05, 0.1) is 0 Å². The Bertz CT molecular complexity index is 1440. The number of benzene rings is 3. The zero-order valence-electron chi connectivity index (χ0n) is 17.7. The fourth-order valence-corrected chi connectivity index (χ4v) is 4.24. The molecule has 0 aliphatic heterocycles. The molecule has 0 bridgehead atoms. The molecule has 0 spiro atoms. The molecule has 168 valence electrons. The summed E-state index contributed by atoms with van der Waals surface area (Å²) < 4.78 is 7.44. The van der Waals surface area contributed by atoms with Crippen LogP contribution in [0.1, 0.15) is 15.9 Å². The van der Waals surface area contributed by atoms with Gasteiger partial charge >= 0.3 is 0 Å². The van der Waals surface area contributed by atoms with Crippen molar-refractivity contribution in [2.75, 3.05) is 5.32 Å². The Hall–Kier alpha value is -4.15. The third kappa shape index (κ3) is 5.08. The minimum absolute atomic E-state index is 0.191. The predicted octanol–water partition coefficient (Wildman–Crippen LogP) is 4.56. The third-order valence-electron chi connectivity index (χ3n) is 4.83. The van der Waals surface area contributed by atoms with Gasteiger partial charge in [-0.05, 0) is 48.1 Å². The molecular formula is C24H18N6O2S2. The Balaban J connectivity index is 1.21. The molecule has 2 N–H and O–H groups in total. The number of nitrogens with one attached hydrogen (secondary N) is 2. The van der Waals surface area contributed by atoms with Crippen LogP contribution in [0.2, 0.25) is 0 Å². The van der Waals surface area contributed by atoms with Crippen molar-refractivity contribution in [1.82, 2.24) is 25.1 Å². The van der Waals surface area contributed by atoms with Gasteiger partial charge in [-0.3, -0.25) is 10.1 Å². The molecule has 0 aliphatic carbocycles. The van der Waals surface area contributed by atoms with E-state index in [2.05, 4.69) is 25.9 Å². The summed E-state index contributed by atoms with van der Waals surface area (Å²) >= 11 is 6.78. The smallest absolute Gasteiger partial charge is 0.257 e. The maximum absolute atomic E-state index is 12.7. The number of carbonyl (C=O) groups is 1. The first kappa shape index (κ1) is 21.7. The SMILES string of the molecule is O=C(NC(=S)Nc1cccc(-c2nn3cnnc3s2)c1)c1cccc(OCc2ccccc2)c1. The second kappa shape index (κ2) is 9.77. The number of rotatable bonds is 6. The molecule has 2 aromatic heterocycles. The number of hydrogen-bond acceptors (Lipinski definition) is 7. The summed E-state index contributed by atoms with van der Waals surface area (Å²) in [7, 11) is 0. The zero-order chi connectivity index (χ0) is 23.3. The number of aromatic nitrogens is 4. The van der Waals surface area contributed by atoms with Gasteiger partial charge in [-0.2, -0.15) is 9.61 Å². The number of anilines is 1. The molecule has 5 rings (SSSR count). The molecule has 0 radical (unpaired) electrons. The van der Waals surface area contributed by atoms with Crippen LogP contribution in [0.25, 0.3) is 15.5 Å². The molecule has 0 saturated heterocycles. The second-order valence-electron chi connectivity index (χ2n) is 7.26. The van der Waals surface area contributed by atoms with E-state index in [0.717, 1.165) is 21.8 Å². The van der Waals surface area contributed by atoms with Crippen molar-refractivity contribution in [2.24, 2.45) is 0 Å². The number of nitrogens with zero attached hydrogens (tertiary/aromatic N) is 4. The maximum Gasteiger partial charge on any atom is 0.257 e. The number of amides is 1. The van der Waals surface area contributed by atoms with Crippen LogP contribution in [0, 0.1) is 0 Å². The van der Waals surface area contributed by atoms with E-state index in [1.54, 1.807) is 29.0 Å². The standard InChI is InChI=1S/C24H18N6O2S2/c31-21(17-8-5-11-20(13-17)32-14-16-6-2-1-3-7-16)27-23(33)26-19-10-4-9-18(12-19)22-29-30-15-25-28-24(30)34-22/h1-13,15H,14H2,(H2,26,27,31,33). The molecule has 34 heavy (non-hydrogen) atoms. The average Bonchev–Trinajstić information content (AvgIpc) is 3.46. The fourth-order valence-electron chi connectivity index (χ4n) is 3.21. The highest BCUT2D eigenvalue weighted by atomic mass is 32.1. The van der Waals surface area contributed by atoms with E-state index in [4.69, 9.17) is 17.0 Å². The highest BCUT2D eigenvalue weighted by Crippen LogP contribution is 2.26. The first-order chi connectivity index (χ1) is 16.6. The molecule has 10 heteroatoms. The number of fused-ring (bicyclic) bond motifs is 1. The van der Waals surface area contributed by atoms with Crippen LogP contribution >= 0.6 is 23.6 Å². The fraction of sp³-hybridized carbons (Fsp3) is 0.0417. The van der Waals surface area contributed by atoms with E-state index in [9.17, 15) is 4.79 Å². The molecule has 0 unspecified atom stereocenters. The molecule has 5 aromatic rings. The van der Waals surface area contributed by atoms with Gasteiger partial charge in [-0.15, -0.1) is 10.2 Å². The normalized spacial score (nSPS) is 10.7. The lowest BCUT2D eigenvalue weighted by Crippen LogP contribution is -2.34. The minimum atomic E-state index is -0.326. The summed E-state index contributed by atoms with van der Waals surface area (Å²) in [5.74, 6) is 0.278. The highest BCUT2D eigenvalue weighted by molar-refractivity contribution is 7.80. The Kier molecular flexibility index (Phi) is 6.23. The number of carbonyl (C=O) groups excluding carboxylic acids is 1. The van der Waals surface area contributed by atoms with Gasteiger partial charge in [0.25, 0.3) is 5.91 Å². The van der Waals surface area contributed by atoms with E-state index in [1.807, 2.05) is 60.7 Å². The van der Waals surface area contributed by atoms with Crippen LogP contribution in [-0.4, -0.2) is 30.8 Å². The van der Waals surface area contributed by atoms with E-state index >= 15 is 0 Å². The monoisotopic (exact) mass is 486 g/mol. The Labute approximate surface area is 204 Å². The largest absolute Gasteiger partial charge is 0.489 e. The molecule has 3 aromatic carbocycles. The lowest BCUT2D eigenvalue weighted by atomic mass is 10.2. The Morgan fingerprint density at radius 2 is 1.88 bits per heavy atom. The molecule has 0 saturated carbocycles. The highest BCUT2D eigenvalue weighted by Gasteiger charge is 2.11. The van der Waals surface area contributed by atoms with Crippen molar-refractivity contribution < 1.29 is 9.53 Å². The van der Waals surface area contributed by atoms with Gasteiger partial charge in [0.2, 0.25) is 4.96 Å². The predicted molar refractivity (Wildman–Crippen MR) is 135 cm³/mol. The van der Waals surface area contributed by atoms with Crippen LogP contribution in [-0.2, 0) is 6.61 Å². The van der Waals surface area contributed by atoms with Crippen LogP contribution in [0.4, 0.5) is 5.69 Å². The summed E-state index contributed by atoms with van der Waals surface area (Å²) in [6.07, 6.45) is 1.56. The summed E-state index contributed by atoms with van der Waals surface area (Å²) in [5.41, 5.74) is 3.13. The van der Waals surface area contributed by atoms with E-state index < -0.39 is 0 Å². The second-order valence-corrected chi connectivity index (χ2v) is 8.62. The first-order valence-electron chi connectivity index (χ1n) is 10.3. The van der Waals surface area contributed by atoms with E-state index in [1.165, 1.54) is 11.3 Å². The molecular weight excluding hydrogens is 468 g/mol. The Morgan fingerprint density at radius 1 is 1.03 bits per heavy atom. The third-order valence-corrected chi connectivity index (χ3v) is 5.99. The number of thiocarbonyl (C=S) groups is 1. The summed E-state index contributed by atoms with van der Waals surface area (Å²) in [5, 5.41) is 19.0. The van der Waals surface area contributed by atoms with Crippen molar-refractivity contribution in [1.29, 1.82) is 0 Å². The van der Waals surface area contributed by atoms with Crippen LogP contribution < -0.4 is 15.4 Å². The first-order valence-corrected chi connectivity index (χ1v) is 11.5.